The number of esters is 2. The molecule has 0 N–H and O–H groups in total. The molecule has 186 valence electrons. The number of unbranched alkanes of at least 4 members (excludes halogenated alkanes) is 6. The van der Waals surface area contributed by atoms with E-state index in [1.807, 2.05) is 24.3 Å². The minimum atomic E-state index is -1.59. The lowest BCUT2D eigenvalue weighted by Crippen LogP contribution is -2.29. The monoisotopic (exact) mass is 482 g/mol. The molecule has 0 radical (unpaired) electrons. The fraction of sp³-hybridized carbons (Fsp3) is 0.680. The molecule has 1 aliphatic heterocycles. The van der Waals surface area contributed by atoms with Gasteiger partial charge in [0, 0.05) is 12.8 Å². The molecule has 0 unspecified atom stereocenters. The summed E-state index contributed by atoms with van der Waals surface area (Å²) in [6.07, 6.45) is 8.03. The third-order valence-electron chi connectivity index (χ3n) is 5.33. The Morgan fingerprint density at radius 2 is 1.42 bits per heavy atom. The minimum absolute atomic E-state index is 0.0310. The SMILES string of the molecule is CCCCCCC(=O)OC[C@@H](COP1OCc2ccccc2CO1)OC(=O)CCCCCC. The van der Waals surface area contributed by atoms with Crippen molar-refractivity contribution >= 4 is 20.5 Å². The van der Waals surface area contributed by atoms with E-state index in [2.05, 4.69) is 13.8 Å². The summed E-state index contributed by atoms with van der Waals surface area (Å²) in [5.41, 5.74) is 2.14. The predicted octanol–water partition coefficient (Wildman–Crippen LogP) is 6.37. The minimum Gasteiger partial charge on any atom is -0.462 e. The molecule has 1 aromatic rings. The first-order valence-corrected chi connectivity index (χ1v) is 13.3. The summed E-state index contributed by atoms with van der Waals surface area (Å²) in [6.45, 7) is 5.07. The smallest absolute Gasteiger partial charge is 0.333 e. The van der Waals surface area contributed by atoms with Crippen molar-refractivity contribution in [3.05, 3.63) is 35.4 Å². The van der Waals surface area contributed by atoms with Crippen molar-refractivity contribution in [1.29, 1.82) is 0 Å². The molecule has 0 saturated carbocycles. The molecule has 8 heteroatoms. The van der Waals surface area contributed by atoms with E-state index in [9.17, 15) is 9.59 Å². The maximum Gasteiger partial charge on any atom is 0.333 e. The molecule has 0 saturated heterocycles. The van der Waals surface area contributed by atoms with Crippen molar-refractivity contribution in [2.75, 3.05) is 13.2 Å². The molecule has 33 heavy (non-hydrogen) atoms. The van der Waals surface area contributed by atoms with Crippen LogP contribution < -0.4 is 0 Å². The summed E-state index contributed by atoms with van der Waals surface area (Å²) in [4.78, 5) is 24.4. The Balaban J connectivity index is 1.80. The Bertz CT molecular complexity index is 670. The standard InChI is InChI=1S/C25H39O7P/c1-3-5-7-9-15-24(26)28-19-23(32-25(27)16-10-8-6-4-2)20-31-33-29-17-21-13-11-12-14-22(21)18-30-33/h11-14,23H,3-10,15-20H2,1-2H3/t23-/m0/s1. The highest BCUT2D eigenvalue weighted by atomic mass is 31.2. The van der Waals surface area contributed by atoms with Gasteiger partial charge in [0.05, 0.1) is 19.8 Å². The average Bonchev–Trinajstić information content (AvgIpc) is 3.04. The fourth-order valence-corrected chi connectivity index (χ4v) is 4.35. The zero-order valence-electron chi connectivity index (χ0n) is 20.1. The van der Waals surface area contributed by atoms with Crippen LogP contribution in [0.25, 0.3) is 0 Å². The van der Waals surface area contributed by atoms with Gasteiger partial charge >= 0.3 is 20.5 Å². The molecule has 0 spiro atoms. The van der Waals surface area contributed by atoms with Crippen molar-refractivity contribution in [2.45, 2.75) is 97.4 Å². The van der Waals surface area contributed by atoms with Gasteiger partial charge in [-0.2, -0.15) is 0 Å². The molecule has 0 fully saturated rings. The molecule has 1 atom stereocenters. The Morgan fingerprint density at radius 1 is 0.848 bits per heavy atom. The fourth-order valence-electron chi connectivity index (χ4n) is 3.35. The van der Waals surface area contributed by atoms with Gasteiger partial charge in [-0.15, -0.1) is 0 Å². The van der Waals surface area contributed by atoms with E-state index in [0.717, 1.165) is 62.5 Å². The normalized spacial score (nSPS) is 14.8. The third kappa shape index (κ3) is 11.9. The van der Waals surface area contributed by atoms with Crippen LogP contribution in [0.15, 0.2) is 24.3 Å². The summed E-state index contributed by atoms with van der Waals surface area (Å²) in [5.74, 6) is -0.584. The summed E-state index contributed by atoms with van der Waals surface area (Å²) in [5, 5.41) is 0. The van der Waals surface area contributed by atoms with E-state index in [1.165, 1.54) is 0 Å². The van der Waals surface area contributed by atoms with Gasteiger partial charge in [-0.3, -0.25) is 9.59 Å². The Labute approximate surface area is 199 Å². The van der Waals surface area contributed by atoms with Crippen LogP contribution in [0, 0.1) is 0 Å². The molecule has 0 aromatic heterocycles. The lowest BCUT2D eigenvalue weighted by molar-refractivity contribution is -0.161. The second-order valence-corrected chi connectivity index (χ2v) is 9.47. The molecule has 7 nitrogen and oxygen atoms in total. The van der Waals surface area contributed by atoms with Crippen LogP contribution in [0.5, 0.6) is 0 Å². The first kappa shape index (κ1) is 27.7. The van der Waals surface area contributed by atoms with Gasteiger partial charge in [-0.1, -0.05) is 76.6 Å². The van der Waals surface area contributed by atoms with Crippen LogP contribution in [0.3, 0.4) is 0 Å². The summed E-state index contributed by atoms with van der Waals surface area (Å²) in [6, 6.07) is 7.92. The largest absolute Gasteiger partial charge is 0.462 e. The molecule has 2 rings (SSSR count). The van der Waals surface area contributed by atoms with E-state index in [1.54, 1.807) is 0 Å². The number of carbonyl (C=O) groups excluding carboxylic acids is 2. The van der Waals surface area contributed by atoms with Crippen LogP contribution in [-0.2, 0) is 45.8 Å². The first-order valence-electron chi connectivity index (χ1n) is 12.2. The molecule has 0 aliphatic carbocycles. The molecule has 0 bridgehead atoms. The Morgan fingerprint density at radius 3 is 2.00 bits per heavy atom. The van der Waals surface area contributed by atoms with Crippen molar-refractivity contribution in [3.8, 4) is 0 Å². The van der Waals surface area contributed by atoms with Gasteiger partial charge < -0.3 is 23.0 Å². The highest BCUT2D eigenvalue weighted by molar-refractivity contribution is 7.41. The second-order valence-electron chi connectivity index (χ2n) is 8.25. The number of fused-ring (bicyclic) bond motifs is 1. The topological polar surface area (TPSA) is 80.3 Å². The molecular formula is C25H39O7P. The van der Waals surface area contributed by atoms with Crippen molar-refractivity contribution in [1.82, 2.24) is 0 Å². The van der Waals surface area contributed by atoms with E-state index in [0.29, 0.717) is 26.1 Å². The molecule has 1 heterocycles. The summed E-state index contributed by atoms with van der Waals surface area (Å²) >= 11 is 0. The quantitative estimate of drug-likeness (QED) is 0.154. The highest BCUT2D eigenvalue weighted by Crippen LogP contribution is 2.44. The van der Waals surface area contributed by atoms with E-state index in [4.69, 9.17) is 23.0 Å². The zero-order chi connectivity index (χ0) is 23.7. The van der Waals surface area contributed by atoms with Gasteiger partial charge in [0.15, 0.2) is 6.10 Å². The average molecular weight is 483 g/mol. The van der Waals surface area contributed by atoms with Crippen molar-refractivity contribution in [2.24, 2.45) is 0 Å². The van der Waals surface area contributed by atoms with E-state index in [-0.39, 0.29) is 25.2 Å². The lowest BCUT2D eigenvalue weighted by atomic mass is 10.1. The van der Waals surface area contributed by atoms with Gasteiger partial charge in [-0.25, -0.2) is 0 Å². The van der Waals surface area contributed by atoms with Crippen LogP contribution in [-0.4, -0.2) is 31.3 Å². The third-order valence-corrected chi connectivity index (χ3v) is 6.37. The maximum atomic E-state index is 12.3. The first-order chi connectivity index (χ1) is 16.1. The number of ether oxygens (including phenoxy) is 2. The highest BCUT2D eigenvalue weighted by Gasteiger charge is 2.24. The number of hydrogen-bond acceptors (Lipinski definition) is 7. The predicted molar refractivity (Wildman–Crippen MR) is 127 cm³/mol. The Hall–Kier alpha value is -1.53. The number of benzene rings is 1. The Kier molecular flexibility index (Phi) is 14.3. The van der Waals surface area contributed by atoms with Crippen LogP contribution in [0.4, 0.5) is 0 Å². The second kappa shape index (κ2) is 17.0. The number of carbonyl (C=O) groups is 2. The lowest BCUT2D eigenvalue weighted by Gasteiger charge is -2.20. The van der Waals surface area contributed by atoms with Gasteiger partial charge in [0.25, 0.3) is 0 Å². The van der Waals surface area contributed by atoms with Gasteiger partial charge in [0.1, 0.15) is 6.61 Å². The van der Waals surface area contributed by atoms with E-state index >= 15 is 0 Å². The van der Waals surface area contributed by atoms with Gasteiger partial charge in [0.2, 0.25) is 0 Å². The van der Waals surface area contributed by atoms with Gasteiger partial charge in [-0.05, 0) is 24.0 Å². The summed E-state index contributed by atoms with van der Waals surface area (Å²) < 4.78 is 28.2. The van der Waals surface area contributed by atoms with Crippen molar-refractivity contribution in [3.63, 3.8) is 0 Å². The molecular weight excluding hydrogens is 443 g/mol. The number of rotatable bonds is 16. The van der Waals surface area contributed by atoms with Crippen molar-refractivity contribution < 1.29 is 32.6 Å². The van der Waals surface area contributed by atoms with E-state index < -0.39 is 14.7 Å². The van der Waals surface area contributed by atoms with Crippen LogP contribution in [0.1, 0.15) is 89.2 Å². The molecule has 0 amide bonds. The van der Waals surface area contributed by atoms with Crippen LogP contribution >= 0.6 is 8.60 Å². The number of hydrogen-bond donors (Lipinski definition) is 0. The molecule has 1 aliphatic rings. The maximum absolute atomic E-state index is 12.3. The summed E-state index contributed by atoms with van der Waals surface area (Å²) in [7, 11) is -1.59. The zero-order valence-corrected chi connectivity index (χ0v) is 21.0. The van der Waals surface area contributed by atoms with Crippen LogP contribution in [0.2, 0.25) is 0 Å². The molecule has 1 aromatic carbocycles.